The van der Waals surface area contributed by atoms with E-state index in [4.69, 9.17) is 4.74 Å². The van der Waals surface area contributed by atoms with Crippen molar-refractivity contribution in [3.8, 4) is 28.0 Å². The summed E-state index contributed by atoms with van der Waals surface area (Å²) in [6.07, 6.45) is 24.7. The average molecular weight is 813 g/mol. The molecule has 0 saturated carbocycles. The van der Waals surface area contributed by atoms with Crippen LogP contribution in [0.1, 0.15) is 106 Å². The Balaban J connectivity index is 1.33. The van der Waals surface area contributed by atoms with Crippen LogP contribution in [0.5, 0.6) is 5.75 Å². The zero-order chi connectivity index (χ0) is 43.1. The van der Waals surface area contributed by atoms with Crippen LogP contribution < -0.4 is 14.5 Å². The van der Waals surface area contributed by atoms with Crippen LogP contribution in [0, 0.1) is 6.92 Å². The third-order valence-electron chi connectivity index (χ3n) is 13.8. The summed E-state index contributed by atoms with van der Waals surface area (Å²) < 4.78 is 7.40. The van der Waals surface area contributed by atoms with Gasteiger partial charge in [-0.25, -0.2) is 0 Å². The van der Waals surface area contributed by atoms with Gasteiger partial charge in [-0.3, -0.25) is 0 Å². The van der Waals surface area contributed by atoms with Gasteiger partial charge in [0, 0.05) is 51.6 Å². The van der Waals surface area contributed by atoms with E-state index in [0.717, 1.165) is 61.4 Å². The molecule has 2 unspecified atom stereocenters. The molecule has 2 aliphatic heterocycles. The van der Waals surface area contributed by atoms with Crippen LogP contribution in [0.3, 0.4) is 0 Å². The Hall–Kier alpha value is -6.32. The van der Waals surface area contributed by atoms with Crippen molar-refractivity contribution >= 4 is 28.8 Å². The molecule has 0 bridgehead atoms. The molecule has 5 aromatic rings. The molecule has 0 spiro atoms. The smallest absolute Gasteiger partial charge is 0.133 e. The number of ether oxygens (including phenoxy) is 1. The predicted molar refractivity (Wildman–Crippen MR) is 265 cm³/mol. The first-order valence-electron chi connectivity index (χ1n) is 22.7. The summed E-state index contributed by atoms with van der Waals surface area (Å²) in [5.74, 6) is 1.30. The lowest BCUT2D eigenvalue weighted by atomic mass is 9.80. The molecule has 312 valence electrons. The molecular weight excluding hydrogens is 753 g/mol. The maximum atomic E-state index is 7.40. The Morgan fingerprint density at radius 1 is 0.887 bits per heavy atom. The van der Waals surface area contributed by atoms with E-state index in [1.807, 2.05) is 18.2 Å². The largest absolute Gasteiger partial charge is 0.489 e. The molecule has 5 aromatic carbocycles. The second-order valence-corrected chi connectivity index (χ2v) is 17.8. The molecule has 0 aromatic heterocycles. The van der Waals surface area contributed by atoms with E-state index in [2.05, 4.69) is 192 Å². The first kappa shape index (κ1) is 41.1. The third kappa shape index (κ3) is 6.92. The minimum Gasteiger partial charge on any atom is -0.489 e. The minimum atomic E-state index is -0.254. The van der Waals surface area contributed by atoms with E-state index in [9.17, 15) is 0 Å². The summed E-state index contributed by atoms with van der Waals surface area (Å²) in [4.78, 5) is 5.02. The highest BCUT2D eigenvalue weighted by molar-refractivity contribution is 5.95. The van der Waals surface area contributed by atoms with Crippen LogP contribution in [0.15, 0.2) is 170 Å². The molecule has 2 aliphatic carbocycles. The van der Waals surface area contributed by atoms with Crippen LogP contribution in [-0.4, -0.2) is 6.10 Å². The van der Waals surface area contributed by atoms with Gasteiger partial charge in [0.1, 0.15) is 11.9 Å². The van der Waals surface area contributed by atoms with E-state index < -0.39 is 0 Å². The molecule has 0 amide bonds. The normalized spacial score (nSPS) is 18.4. The van der Waals surface area contributed by atoms with Crippen molar-refractivity contribution in [3.63, 3.8) is 0 Å². The number of nitrogens with zero attached hydrogens (tertiary/aromatic N) is 2. The van der Waals surface area contributed by atoms with Crippen molar-refractivity contribution in [2.24, 2.45) is 0 Å². The monoisotopic (exact) mass is 812 g/mol. The summed E-state index contributed by atoms with van der Waals surface area (Å²) >= 11 is 0. The summed E-state index contributed by atoms with van der Waals surface area (Å²) in [6.45, 7) is 23.0. The van der Waals surface area contributed by atoms with Crippen molar-refractivity contribution in [2.75, 3.05) is 9.80 Å². The predicted octanol–water partition coefficient (Wildman–Crippen LogP) is 16.3. The van der Waals surface area contributed by atoms with Gasteiger partial charge in [0.15, 0.2) is 0 Å². The summed E-state index contributed by atoms with van der Waals surface area (Å²) in [5, 5.41) is 0. The van der Waals surface area contributed by atoms with E-state index in [0.29, 0.717) is 0 Å². The summed E-state index contributed by atoms with van der Waals surface area (Å²) in [5.41, 5.74) is 20.9. The molecule has 0 saturated heterocycles. The Morgan fingerprint density at radius 3 is 2.44 bits per heavy atom. The zero-order valence-corrected chi connectivity index (χ0v) is 37.5. The van der Waals surface area contributed by atoms with Gasteiger partial charge in [0.2, 0.25) is 0 Å². The van der Waals surface area contributed by atoms with E-state index in [1.165, 1.54) is 78.3 Å². The molecule has 3 nitrogen and oxygen atoms in total. The molecule has 2 heterocycles. The molecular formula is C59H60N2O. The molecule has 62 heavy (non-hydrogen) atoms. The van der Waals surface area contributed by atoms with Crippen LogP contribution in [0.25, 0.3) is 28.3 Å². The van der Waals surface area contributed by atoms with E-state index >= 15 is 0 Å². The first-order valence-corrected chi connectivity index (χ1v) is 22.7. The number of anilines is 4. The standard InChI is InChI=1S/C59H60N2O/c1-9-13-23-42-32-35-50-55(40(42)6)57-51(59(50,7)8)37-53(56-47(12-4)54(22-10-2)62-58(56)57)61(39(5)30-31-41(11-3)43-24-16-14-17-25-43)46-33-34-49-48-29-21-20-26-44(48)38-60(52(49)36-46)45-27-18-15-19-28-45/h9,11,13,15-16,18-21,23-37,47,54H,1,3,10,12,14,17,22,38H2,2,4-8H3/b23-13-,39-30+,41-31+. The molecule has 0 radical (unpaired) electrons. The second kappa shape index (κ2) is 16.9. The highest BCUT2D eigenvalue weighted by Crippen LogP contribution is 2.62. The van der Waals surface area contributed by atoms with Gasteiger partial charge in [-0.15, -0.1) is 0 Å². The third-order valence-corrected chi connectivity index (χ3v) is 13.8. The zero-order valence-electron chi connectivity index (χ0n) is 37.5. The van der Waals surface area contributed by atoms with Crippen LogP contribution in [0.4, 0.5) is 22.7 Å². The second-order valence-electron chi connectivity index (χ2n) is 17.8. The summed E-state index contributed by atoms with van der Waals surface area (Å²) in [6, 6.07) is 34.0. The number of hydrogen-bond acceptors (Lipinski definition) is 3. The Kier molecular flexibility index (Phi) is 11.2. The number of rotatable bonds is 12. The van der Waals surface area contributed by atoms with Gasteiger partial charge < -0.3 is 14.5 Å². The van der Waals surface area contributed by atoms with Gasteiger partial charge in [-0.05, 0) is 126 Å². The average Bonchev–Trinajstić information content (AvgIpc) is 3.78. The highest BCUT2D eigenvalue weighted by atomic mass is 16.5. The molecule has 3 heteroatoms. The van der Waals surface area contributed by atoms with Gasteiger partial charge >= 0.3 is 0 Å². The van der Waals surface area contributed by atoms with Gasteiger partial charge in [-0.2, -0.15) is 0 Å². The number of fused-ring (bicyclic) bond motifs is 8. The molecule has 0 fully saturated rings. The summed E-state index contributed by atoms with van der Waals surface area (Å²) in [7, 11) is 0. The first-order chi connectivity index (χ1) is 30.2. The van der Waals surface area contributed by atoms with Crippen molar-refractivity contribution in [2.45, 2.75) is 97.6 Å². The SMILES string of the molecule is C=C/C=C\c1ccc2c(c1C)-c1c(cc(N(/C(C)=C/C=C(\C=C)C3=CCCC=C3)c3ccc4c(c3)N(c3ccccc3)Cc3ccccc3-4)c3c1OC(CCC)C3CC)C2(C)C. The van der Waals surface area contributed by atoms with Crippen molar-refractivity contribution in [3.05, 3.63) is 203 Å². The fraction of sp³-hybridized carbons (Fsp3) is 0.254. The number of benzene rings is 5. The van der Waals surface area contributed by atoms with Crippen LogP contribution >= 0.6 is 0 Å². The maximum Gasteiger partial charge on any atom is 0.133 e. The molecule has 0 N–H and O–H groups in total. The topological polar surface area (TPSA) is 15.7 Å². The van der Waals surface area contributed by atoms with Crippen molar-refractivity contribution in [1.82, 2.24) is 0 Å². The highest BCUT2D eigenvalue weighted by Gasteiger charge is 2.46. The molecule has 4 aliphatic rings. The van der Waals surface area contributed by atoms with Gasteiger partial charge in [0.25, 0.3) is 0 Å². The van der Waals surface area contributed by atoms with Crippen molar-refractivity contribution in [1.29, 1.82) is 0 Å². The number of para-hydroxylation sites is 1. The Bertz CT molecular complexity index is 2740. The quantitative estimate of drug-likeness (QED) is 0.117. The van der Waals surface area contributed by atoms with Gasteiger partial charge in [0.05, 0.1) is 11.4 Å². The lowest BCUT2D eigenvalue weighted by Crippen LogP contribution is -2.23. The fourth-order valence-corrected chi connectivity index (χ4v) is 10.6. The molecule has 2 atom stereocenters. The van der Waals surface area contributed by atoms with Crippen LogP contribution in [0.2, 0.25) is 0 Å². The number of allylic oxidation sites excluding steroid dienone is 11. The molecule has 9 rings (SSSR count). The maximum absolute atomic E-state index is 7.40. The van der Waals surface area contributed by atoms with E-state index in [1.54, 1.807) is 0 Å². The lowest BCUT2D eigenvalue weighted by Gasteiger charge is -2.36. The fourth-order valence-electron chi connectivity index (χ4n) is 10.6. The minimum absolute atomic E-state index is 0.0959. The van der Waals surface area contributed by atoms with E-state index in [-0.39, 0.29) is 17.4 Å². The number of hydrogen-bond donors (Lipinski definition) is 0. The van der Waals surface area contributed by atoms with Crippen molar-refractivity contribution < 1.29 is 4.74 Å². The van der Waals surface area contributed by atoms with Crippen LogP contribution in [-0.2, 0) is 12.0 Å². The Labute approximate surface area is 370 Å². The van der Waals surface area contributed by atoms with Gasteiger partial charge in [-0.1, -0.05) is 157 Å². The lowest BCUT2D eigenvalue weighted by molar-refractivity contribution is 0.191. The Morgan fingerprint density at radius 2 is 1.69 bits per heavy atom.